The molecule has 0 saturated carbocycles. The molecule has 0 saturated heterocycles. The van der Waals surface area contributed by atoms with E-state index in [0.717, 1.165) is 0 Å². The molecule has 0 aliphatic rings. The van der Waals surface area contributed by atoms with Gasteiger partial charge in [-0.1, -0.05) is 11.6 Å². The van der Waals surface area contributed by atoms with E-state index in [0.29, 0.717) is 35.3 Å². The molecular weight excluding hydrogens is 244 g/mol. The Hall–Kier alpha value is -1.42. The number of carbonyl (C=O) groups is 1. The minimum absolute atomic E-state index is 0.124. The Morgan fingerprint density at radius 3 is 2.35 bits per heavy atom. The second-order valence-corrected chi connectivity index (χ2v) is 3.73. The number of hydrogen-bond donors (Lipinski definition) is 1. The van der Waals surface area contributed by atoms with Crippen molar-refractivity contribution < 1.29 is 19.4 Å². The first-order chi connectivity index (χ1) is 8.08. The first-order valence-corrected chi connectivity index (χ1v) is 5.76. The fourth-order valence-electron chi connectivity index (χ4n) is 1.43. The number of carboxylic acid groups (broad SMARTS) is 1. The van der Waals surface area contributed by atoms with Gasteiger partial charge in [0, 0.05) is 11.6 Å². The maximum atomic E-state index is 10.7. The van der Waals surface area contributed by atoms with Gasteiger partial charge in [0.15, 0.2) is 0 Å². The molecule has 1 aromatic carbocycles. The van der Waals surface area contributed by atoms with Gasteiger partial charge in [-0.2, -0.15) is 0 Å². The Kier molecular flexibility index (Phi) is 5.10. The van der Waals surface area contributed by atoms with Gasteiger partial charge in [0.2, 0.25) is 0 Å². The van der Waals surface area contributed by atoms with Gasteiger partial charge >= 0.3 is 5.97 Å². The van der Waals surface area contributed by atoms with Crippen molar-refractivity contribution in [3.8, 4) is 11.5 Å². The van der Waals surface area contributed by atoms with Gasteiger partial charge in [0.05, 0.1) is 24.7 Å². The molecule has 0 unspecified atom stereocenters. The molecule has 1 N–H and O–H groups in total. The maximum absolute atomic E-state index is 10.7. The van der Waals surface area contributed by atoms with E-state index in [-0.39, 0.29) is 6.42 Å². The summed E-state index contributed by atoms with van der Waals surface area (Å²) in [5, 5.41) is 9.19. The van der Waals surface area contributed by atoms with Gasteiger partial charge in [-0.3, -0.25) is 4.79 Å². The van der Waals surface area contributed by atoms with Crippen LogP contribution in [-0.4, -0.2) is 24.3 Å². The van der Waals surface area contributed by atoms with Gasteiger partial charge in [-0.05, 0) is 19.9 Å². The first-order valence-electron chi connectivity index (χ1n) is 5.38. The molecule has 94 valence electrons. The summed E-state index contributed by atoms with van der Waals surface area (Å²) in [6.07, 6.45) is -0.124. The lowest BCUT2D eigenvalue weighted by molar-refractivity contribution is -0.136. The van der Waals surface area contributed by atoms with Crippen molar-refractivity contribution in [2.45, 2.75) is 20.3 Å². The highest BCUT2D eigenvalue weighted by Gasteiger charge is 2.13. The average Bonchev–Trinajstić information content (AvgIpc) is 2.24. The Labute approximate surface area is 105 Å². The molecule has 1 rings (SSSR count). The van der Waals surface area contributed by atoms with Gasteiger partial charge in [-0.15, -0.1) is 0 Å². The standard InChI is InChI=1S/C12H15ClO4/c1-3-16-10-7-11(17-4-2)9(13)5-8(10)6-12(14)15/h5,7H,3-4,6H2,1-2H3,(H,14,15). The van der Waals surface area contributed by atoms with Crippen LogP contribution < -0.4 is 9.47 Å². The molecule has 17 heavy (non-hydrogen) atoms. The molecule has 0 bridgehead atoms. The van der Waals surface area contributed by atoms with E-state index in [1.807, 2.05) is 13.8 Å². The second-order valence-electron chi connectivity index (χ2n) is 3.33. The molecule has 0 atom stereocenters. The highest BCUT2D eigenvalue weighted by Crippen LogP contribution is 2.33. The van der Waals surface area contributed by atoms with E-state index in [9.17, 15) is 4.79 Å². The van der Waals surface area contributed by atoms with E-state index < -0.39 is 5.97 Å². The minimum atomic E-state index is -0.925. The van der Waals surface area contributed by atoms with E-state index in [4.69, 9.17) is 26.2 Å². The highest BCUT2D eigenvalue weighted by molar-refractivity contribution is 6.32. The molecule has 4 nitrogen and oxygen atoms in total. The molecule has 0 fully saturated rings. The zero-order valence-electron chi connectivity index (χ0n) is 9.83. The fraction of sp³-hybridized carbons (Fsp3) is 0.417. The van der Waals surface area contributed by atoms with Gasteiger partial charge < -0.3 is 14.6 Å². The van der Waals surface area contributed by atoms with Gasteiger partial charge in [-0.25, -0.2) is 0 Å². The lowest BCUT2D eigenvalue weighted by Crippen LogP contribution is -2.05. The van der Waals surface area contributed by atoms with Gasteiger partial charge in [0.1, 0.15) is 11.5 Å². The molecular formula is C12H15ClO4. The van der Waals surface area contributed by atoms with E-state index >= 15 is 0 Å². The topological polar surface area (TPSA) is 55.8 Å². The minimum Gasteiger partial charge on any atom is -0.493 e. The normalized spacial score (nSPS) is 10.1. The number of halogens is 1. The van der Waals surface area contributed by atoms with Crippen molar-refractivity contribution in [2.24, 2.45) is 0 Å². The average molecular weight is 259 g/mol. The van der Waals surface area contributed by atoms with Crippen molar-refractivity contribution in [2.75, 3.05) is 13.2 Å². The lowest BCUT2D eigenvalue weighted by Gasteiger charge is -2.13. The molecule has 0 aliphatic carbocycles. The van der Waals surface area contributed by atoms with Crippen LogP contribution in [0.15, 0.2) is 12.1 Å². The third-order valence-corrected chi connectivity index (χ3v) is 2.35. The van der Waals surface area contributed by atoms with Crippen LogP contribution in [0.1, 0.15) is 19.4 Å². The number of ether oxygens (including phenoxy) is 2. The summed E-state index contributed by atoms with van der Waals surface area (Å²) < 4.78 is 10.7. The Bertz CT molecular complexity index is 404. The molecule has 0 spiro atoms. The van der Waals surface area contributed by atoms with Crippen LogP contribution in [0.5, 0.6) is 11.5 Å². The van der Waals surface area contributed by atoms with Gasteiger partial charge in [0.25, 0.3) is 0 Å². The third kappa shape index (κ3) is 3.82. The maximum Gasteiger partial charge on any atom is 0.307 e. The van der Waals surface area contributed by atoms with E-state index in [1.165, 1.54) is 0 Å². The van der Waals surface area contributed by atoms with E-state index in [1.54, 1.807) is 12.1 Å². The Balaban J connectivity index is 3.10. The molecule has 0 aliphatic heterocycles. The predicted octanol–water partition coefficient (Wildman–Crippen LogP) is 2.76. The first kappa shape index (κ1) is 13.6. The van der Waals surface area contributed by atoms with Crippen LogP contribution in [-0.2, 0) is 11.2 Å². The summed E-state index contributed by atoms with van der Waals surface area (Å²) in [6.45, 7) is 4.63. The highest BCUT2D eigenvalue weighted by atomic mass is 35.5. The number of carboxylic acids is 1. The monoisotopic (exact) mass is 258 g/mol. The van der Waals surface area contributed by atoms with Crippen molar-refractivity contribution >= 4 is 17.6 Å². The Morgan fingerprint density at radius 1 is 1.24 bits per heavy atom. The van der Waals surface area contributed by atoms with Crippen LogP contribution in [0.3, 0.4) is 0 Å². The summed E-state index contributed by atoms with van der Waals surface area (Å²) in [7, 11) is 0. The summed E-state index contributed by atoms with van der Waals surface area (Å²) in [6, 6.07) is 3.21. The fourth-order valence-corrected chi connectivity index (χ4v) is 1.67. The number of benzene rings is 1. The summed E-state index contributed by atoms with van der Waals surface area (Å²) >= 11 is 5.99. The van der Waals surface area contributed by atoms with Crippen LogP contribution in [0.2, 0.25) is 5.02 Å². The molecule has 0 heterocycles. The Morgan fingerprint density at radius 2 is 1.82 bits per heavy atom. The quantitative estimate of drug-likeness (QED) is 0.852. The van der Waals surface area contributed by atoms with Crippen molar-refractivity contribution in [3.63, 3.8) is 0 Å². The molecule has 0 amide bonds. The summed E-state index contributed by atoms with van der Waals surface area (Å²) in [5.41, 5.74) is 0.549. The third-order valence-electron chi connectivity index (χ3n) is 2.06. The van der Waals surface area contributed by atoms with Crippen LogP contribution in [0.4, 0.5) is 0 Å². The molecule has 5 heteroatoms. The summed E-state index contributed by atoms with van der Waals surface area (Å²) in [4.78, 5) is 10.7. The van der Waals surface area contributed by atoms with Crippen molar-refractivity contribution in [1.29, 1.82) is 0 Å². The molecule has 0 radical (unpaired) electrons. The van der Waals surface area contributed by atoms with Crippen molar-refractivity contribution in [1.82, 2.24) is 0 Å². The number of aliphatic carboxylic acids is 1. The lowest BCUT2D eigenvalue weighted by atomic mass is 10.1. The smallest absolute Gasteiger partial charge is 0.307 e. The zero-order valence-corrected chi connectivity index (χ0v) is 10.6. The SMILES string of the molecule is CCOc1cc(OCC)c(CC(=O)O)cc1Cl. The second kappa shape index (κ2) is 6.35. The molecule has 1 aromatic rings. The van der Waals surface area contributed by atoms with Crippen molar-refractivity contribution in [3.05, 3.63) is 22.7 Å². The van der Waals surface area contributed by atoms with Crippen LogP contribution >= 0.6 is 11.6 Å². The van der Waals surface area contributed by atoms with E-state index in [2.05, 4.69) is 0 Å². The number of rotatable bonds is 6. The predicted molar refractivity (Wildman–Crippen MR) is 65.1 cm³/mol. The van der Waals surface area contributed by atoms with Crippen LogP contribution in [0.25, 0.3) is 0 Å². The summed E-state index contributed by atoms with van der Waals surface area (Å²) in [5.74, 6) is 0.0840. The number of hydrogen-bond acceptors (Lipinski definition) is 3. The molecule has 0 aromatic heterocycles. The van der Waals surface area contributed by atoms with Crippen LogP contribution in [0, 0.1) is 0 Å². The largest absolute Gasteiger partial charge is 0.493 e. The zero-order chi connectivity index (χ0) is 12.8.